The van der Waals surface area contributed by atoms with E-state index in [2.05, 4.69) is 4.74 Å². The Balaban J connectivity index is 1.92. The van der Waals surface area contributed by atoms with Crippen LogP contribution in [0, 0.1) is 0 Å². The van der Waals surface area contributed by atoms with Crippen LogP contribution < -0.4 is 0 Å². The van der Waals surface area contributed by atoms with Crippen LogP contribution in [0.25, 0.3) is 0 Å². The van der Waals surface area contributed by atoms with Gasteiger partial charge in [0.05, 0.1) is 33.4 Å². The summed E-state index contributed by atoms with van der Waals surface area (Å²) in [6.07, 6.45) is -0.0641. The molecule has 2 heterocycles. The normalized spacial score (nSPS) is 24.9. The fourth-order valence-electron chi connectivity index (χ4n) is 1.93. The molecule has 2 rings (SSSR count). The van der Waals surface area contributed by atoms with Gasteiger partial charge < -0.3 is 9.47 Å². The van der Waals surface area contributed by atoms with Crippen molar-refractivity contribution in [2.45, 2.75) is 11.7 Å². The Kier molecular flexibility index (Phi) is 4.78. The van der Waals surface area contributed by atoms with Gasteiger partial charge in [-0.1, -0.05) is 11.8 Å². The van der Waals surface area contributed by atoms with E-state index in [9.17, 15) is 14.4 Å². The first kappa shape index (κ1) is 14.3. The zero-order valence-corrected chi connectivity index (χ0v) is 11.5. The third-order valence-corrected chi connectivity index (χ3v) is 4.10. The highest BCUT2D eigenvalue weighted by molar-refractivity contribution is 8.15. The molecule has 1 atom stereocenters. The lowest BCUT2D eigenvalue weighted by atomic mass is 10.3. The lowest BCUT2D eigenvalue weighted by molar-refractivity contribution is -0.142. The van der Waals surface area contributed by atoms with Gasteiger partial charge in [0, 0.05) is 13.1 Å². The summed E-state index contributed by atoms with van der Waals surface area (Å²) in [5.74, 6) is -0.793. The fraction of sp³-hybridized carbons (Fsp3) is 0.727. The summed E-state index contributed by atoms with van der Waals surface area (Å²) in [7, 11) is 1.26. The van der Waals surface area contributed by atoms with Crippen LogP contribution in [0.3, 0.4) is 0 Å². The van der Waals surface area contributed by atoms with Crippen LogP contribution in [-0.4, -0.2) is 72.2 Å². The predicted molar refractivity (Wildman–Crippen MR) is 67.5 cm³/mol. The van der Waals surface area contributed by atoms with Gasteiger partial charge in [0.25, 0.3) is 5.24 Å². The molecule has 106 valence electrons. The number of amides is 2. The Morgan fingerprint density at radius 2 is 2.11 bits per heavy atom. The molecule has 0 aromatic carbocycles. The number of esters is 1. The number of hydrogen-bond donors (Lipinski definition) is 0. The first-order chi connectivity index (χ1) is 9.11. The molecule has 0 N–H and O–H groups in total. The van der Waals surface area contributed by atoms with Crippen LogP contribution in [0.5, 0.6) is 0 Å². The maximum Gasteiger partial charge on any atom is 0.307 e. The largest absolute Gasteiger partial charge is 0.469 e. The summed E-state index contributed by atoms with van der Waals surface area (Å²) in [5.41, 5.74) is 0. The number of imide groups is 1. The van der Waals surface area contributed by atoms with E-state index in [1.807, 2.05) is 4.90 Å². The average molecular weight is 288 g/mol. The summed E-state index contributed by atoms with van der Waals surface area (Å²) in [6, 6.07) is 0. The van der Waals surface area contributed by atoms with Gasteiger partial charge in [0.1, 0.15) is 5.25 Å². The molecule has 1 unspecified atom stereocenters. The lowest BCUT2D eigenvalue weighted by Crippen LogP contribution is -2.46. The molecule has 2 saturated heterocycles. The first-order valence-electron chi connectivity index (χ1n) is 6.00. The molecule has 19 heavy (non-hydrogen) atoms. The van der Waals surface area contributed by atoms with E-state index < -0.39 is 11.2 Å². The zero-order valence-electron chi connectivity index (χ0n) is 10.7. The summed E-state index contributed by atoms with van der Waals surface area (Å²) >= 11 is 0.893. The molecule has 0 aromatic rings. The molecule has 0 aromatic heterocycles. The van der Waals surface area contributed by atoms with Crippen LogP contribution in [0.15, 0.2) is 0 Å². The minimum Gasteiger partial charge on any atom is -0.469 e. The highest BCUT2D eigenvalue weighted by Gasteiger charge is 2.41. The maximum absolute atomic E-state index is 12.1. The van der Waals surface area contributed by atoms with Gasteiger partial charge in [-0.05, 0) is 0 Å². The van der Waals surface area contributed by atoms with E-state index in [4.69, 9.17) is 4.74 Å². The summed E-state index contributed by atoms with van der Waals surface area (Å²) in [5, 5.41) is -0.952. The quantitative estimate of drug-likeness (QED) is 0.669. The molecule has 0 spiro atoms. The second-order valence-electron chi connectivity index (χ2n) is 4.29. The molecule has 0 radical (unpaired) electrons. The number of methoxy groups -OCH3 is 1. The molecule has 0 bridgehead atoms. The third kappa shape index (κ3) is 3.46. The number of morpholine rings is 1. The van der Waals surface area contributed by atoms with Crippen LogP contribution in [0.1, 0.15) is 6.42 Å². The topological polar surface area (TPSA) is 76.2 Å². The monoisotopic (exact) mass is 288 g/mol. The van der Waals surface area contributed by atoms with E-state index in [-0.39, 0.29) is 24.2 Å². The second kappa shape index (κ2) is 6.36. The fourth-order valence-corrected chi connectivity index (χ4v) is 2.90. The van der Waals surface area contributed by atoms with Gasteiger partial charge in [-0.25, -0.2) is 0 Å². The van der Waals surface area contributed by atoms with Crippen molar-refractivity contribution in [1.29, 1.82) is 0 Å². The van der Waals surface area contributed by atoms with E-state index >= 15 is 0 Å². The SMILES string of the molecule is COC(=O)CC1SC(=O)N(CN2CCOCC2)C1=O. The van der Waals surface area contributed by atoms with Crippen LogP contribution in [-0.2, 0) is 19.1 Å². The van der Waals surface area contributed by atoms with Gasteiger partial charge in [-0.2, -0.15) is 0 Å². The minimum absolute atomic E-state index is 0.0641. The summed E-state index contributed by atoms with van der Waals surface area (Å²) in [6.45, 7) is 2.88. The van der Waals surface area contributed by atoms with Gasteiger partial charge in [-0.3, -0.25) is 24.2 Å². The van der Waals surface area contributed by atoms with E-state index in [0.717, 1.165) is 11.8 Å². The summed E-state index contributed by atoms with van der Waals surface area (Å²) in [4.78, 5) is 38.2. The van der Waals surface area contributed by atoms with E-state index in [1.165, 1.54) is 12.0 Å². The predicted octanol–water partition coefficient (Wildman–Crippen LogP) is -0.0968. The van der Waals surface area contributed by atoms with Gasteiger partial charge >= 0.3 is 5.97 Å². The maximum atomic E-state index is 12.1. The molecule has 2 aliphatic heterocycles. The summed E-state index contributed by atoms with van der Waals surface area (Å²) < 4.78 is 9.73. The van der Waals surface area contributed by atoms with Gasteiger partial charge in [-0.15, -0.1) is 0 Å². The number of hydrogen-bond acceptors (Lipinski definition) is 7. The second-order valence-corrected chi connectivity index (χ2v) is 5.44. The van der Waals surface area contributed by atoms with E-state index in [0.29, 0.717) is 26.3 Å². The molecule has 2 fully saturated rings. The number of rotatable bonds is 4. The van der Waals surface area contributed by atoms with Crippen molar-refractivity contribution in [3.63, 3.8) is 0 Å². The molecular formula is C11H16N2O5S. The molecule has 2 aliphatic rings. The zero-order chi connectivity index (χ0) is 13.8. The number of nitrogens with zero attached hydrogens (tertiary/aromatic N) is 2. The Hall–Kier alpha value is -1.12. The van der Waals surface area contributed by atoms with Crippen molar-refractivity contribution in [2.24, 2.45) is 0 Å². The van der Waals surface area contributed by atoms with Crippen LogP contribution in [0.4, 0.5) is 4.79 Å². The lowest BCUT2D eigenvalue weighted by Gasteiger charge is -2.29. The molecular weight excluding hydrogens is 272 g/mol. The Bertz CT molecular complexity index is 383. The highest BCUT2D eigenvalue weighted by Crippen LogP contribution is 2.29. The standard InChI is InChI=1S/C11H16N2O5S/c1-17-9(14)6-8-10(15)13(11(16)19-8)7-12-2-4-18-5-3-12/h8H,2-7H2,1H3. The Labute approximate surface area is 115 Å². The average Bonchev–Trinajstić information content (AvgIpc) is 2.67. The van der Waals surface area contributed by atoms with Gasteiger partial charge in [0.15, 0.2) is 0 Å². The van der Waals surface area contributed by atoms with Crippen molar-refractivity contribution < 1.29 is 23.9 Å². The smallest absolute Gasteiger partial charge is 0.307 e. The molecule has 8 heteroatoms. The minimum atomic E-state index is -0.652. The Morgan fingerprint density at radius 3 is 2.74 bits per heavy atom. The molecule has 2 amide bonds. The van der Waals surface area contributed by atoms with Crippen LogP contribution in [0.2, 0.25) is 0 Å². The van der Waals surface area contributed by atoms with Crippen molar-refractivity contribution in [2.75, 3.05) is 40.1 Å². The number of thioether (sulfide) groups is 1. The van der Waals surface area contributed by atoms with Crippen molar-refractivity contribution in [1.82, 2.24) is 9.80 Å². The van der Waals surface area contributed by atoms with Gasteiger partial charge in [0.2, 0.25) is 5.91 Å². The molecule has 0 saturated carbocycles. The molecule has 0 aliphatic carbocycles. The van der Waals surface area contributed by atoms with E-state index in [1.54, 1.807) is 0 Å². The number of carbonyl (C=O) groups excluding carboxylic acids is 3. The van der Waals surface area contributed by atoms with Crippen molar-refractivity contribution in [3.05, 3.63) is 0 Å². The Morgan fingerprint density at radius 1 is 1.42 bits per heavy atom. The molecule has 7 nitrogen and oxygen atoms in total. The van der Waals surface area contributed by atoms with Crippen molar-refractivity contribution >= 4 is 28.9 Å². The number of carbonyl (C=O) groups is 3. The highest BCUT2D eigenvalue weighted by atomic mass is 32.2. The number of ether oxygens (including phenoxy) is 2. The van der Waals surface area contributed by atoms with Crippen LogP contribution >= 0.6 is 11.8 Å². The third-order valence-electron chi connectivity index (χ3n) is 3.03. The van der Waals surface area contributed by atoms with Crippen molar-refractivity contribution in [3.8, 4) is 0 Å². The first-order valence-corrected chi connectivity index (χ1v) is 6.88.